The van der Waals surface area contributed by atoms with Crippen molar-refractivity contribution in [1.29, 1.82) is 0 Å². The number of nitrogens with two attached hydrogens (primary N) is 1. The van der Waals surface area contributed by atoms with Crippen LogP contribution in [0.2, 0.25) is 0 Å². The largest absolute Gasteiger partial charge is 0.336 e. The van der Waals surface area contributed by atoms with Gasteiger partial charge in [0, 0.05) is 23.8 Å². The molecule has 1 saturated carbocycles. The Balaban J connectivity index is 0.00000208. The summed E-state index contributed by atoms with van der Waals surface area (Å²) < 4.78 is 0. The molecule has 1 aliphatic carbocycles. The molecule has 2 fully saturated rings. The fourth-order valence-corrected chi connectivity index (χ4v) is 3.11. The van der Waals surface area contributed by atoms with Crippen LogP contribution in [0.1, 0.15) is 54.9 Å². The summed E-state index contributed by atoms with van der Waals surface area (Å²) in [5.41, 5.74) is 7.52. The molecule has 3 N–H and O–H groups in total. The molecule has 24 heavy (non-hydrogen) atoms. The Morgan fingerprint density at radius 1 is 1.29 bits per heavy atom. The van der Waals surface area contributed by atoms with Gasteiger partial charge in [-0.2, -0.15) is 0 Å². The van der Waals surface area contributed by atoms with Crippen LogP contribution in [-0.2, 0) is 4.79 Å². The molecule has 0 radical (unpaired) electrons. The predicted molar refractivity (Wildman–Crippen MR) is 97.6 cm³/mol. The van der Waals surface area contributed by atoms with Crippen LogP contribution >= 0.6 is 12.4 Å². The van der Waals surface area contributed by atoms with Gasteiger partial charge in [0.15, 0.2) is 0 Å². The number of rotatable bonds is 3. The van der Waals surface area contributed by atoms with Gasteiger partial charge in [-0.15, -0.1) is 12.4 Å². The highest BCUT2D eigenvalue weighted by Gasteiger charge is 2.46. The molecule has 6 heteroatoms. The fourth-order valence-electron chi connectivity index (χ4n) is 3.11. The number of piperidine rings is 1. The van der Waals surface area contributed by atoms with Crippen LogP contribution in [0, 0.1) is 6.92 Å². The van der Waals surface area contributed by atoms with Gasteiger partial charge in [-0.25, -0.2) is 0 Å². The van der Waals surface area contributed by atoms with Gasteiger partial charge in [-0.1, -0.05) is 0 Å². The first-order valence-electron chi connectivity index (χ1n) is 8.43. The quantitative estimate of drug-likeness (QED) is 0.879. The van der Waals surface area contributed by atoms with Crippen molar-refractivity contribution in [3.63, 3.8) is 0 Å². The number of hydrogen-bond donors (Lipinski definition) is 2. The lowest BCUT2D eigenvalue weighted by Crippen LogP contribution is -2.42. The van der Waals surface area contributed by atoms with Gasteiger partial charge >= 0.3 is 0 Å². The molecule has 0 spiro atoms. The molecule has 5 nitrogen and oxygen atoms in total. The lowest BCUT2D eigenvalue weighted by molar-refractivity contribution is -0.118. The van der Waals surface area contributed by atoms with Crippen molar-refractivity contribution < 1.29 is 9.59 Å². The van der Waals surface area contributed by atoms with Crippen molar-refractivity contribution >= 4 is 29.9 Å². The van der Waals surface area contributed by atoms with Crippen molar-refractivity contribution in [2.24, 2.45) is 5.73 Å². The van der Waals surface area contributed by atoms with E-state index in [-0.39, 0.29) is 24.2 Å². The first kappa shape index (κ1) is 18.7. The average molecular weight is 352 g/mol. The van der Waals surface area contributed by atoms with E-state index in [2.05, 4.69) is 12.2 Å². The van der Waals surface area contributed by atoms with E-state index in [1.165, 1.54) is 6.42 Å². The minimum absolute atomic E-state index is 0. The van der Waals surface area contributed by atoms with Gasteiger partial charge in [0.05, 0.1) is 5.54 Å². The normalized spacial score (nSPS) is 21.6. The first-order valence-corrected chi connectivity index (χ1v) is 8.43. The zero-order valence-corrected chi connectivity index (χ0v) is 15.1. The number of benzene rings is 1. The molecule has 0 bridgehead atoms. The number of aryl methyl sites for hydroxylation is 1. The number of anilines is 1. The third-order valence-electron chi connectivity index (χ3n) is 5.03. The SMILES string of the molecule is Cc1cc(C(=O)N2CCCCC2C)ccc1NC(=O)C1(N)CC1.Cl. The smallest absolute Gasteiger partial charge is 0.254 e. The number of amides is 2. The van der Waals surface area contributed by atoms with E-state index in [0.717, 1.165) is 43.5 Å². The van der Waals surface area contributed by atoms with E-state index < -0.39 is 5.54 Å². The highest BCUT2D eigenvalue weighted by molar-refractivity contribution is 6.01. The third kappa shape index (κ3) is 3.73. The molecule has 1 aliphatic heterocycles. The predicted octanol–water partition coefficient (Wildman–Crippen LogP) is 2.86. The number of halogens is 1. The number of nitrogens with one attached hydrogen (secondary N) is 1. The summed E-state index contributed by atoms with van der Waals surface area (Å²) in [6.45, 7) is 4.84. The van der Waals surface area contributed by atoms with Crippen molar-refractivity contribution in [2.75, 3.05) is 11.9 Å². The van der Waals surface area contributed by atoms with Gasteiger partial charge < -0.3 is 16.0 Å². The van der Waals surface area contributed by atoms with Crippen LogP contribution in [0.5, 0.6) is 0 Å². The average Bonchev–Trinajstić information content (AvgIpc) is 3.28. The number of likely N-dealkylation sites (tertiary alicyclic amines) is 1. The molecular formula is C18H26ClN3O2. The molecule has 1 aromatic rings. The Morgan fingerprint density at radius 3 is 2.58 bits per heavy atom. The Bertz CT molecular complexity index is 643. The maximum absolute atomic E-state index is 12.7. The summed E-state index contributed by atoms with van der Waals surface area (Å²) in [6.07, 6.45) is 4.80. The molecule has 0 aromatic heterocycles. The number of hydrogen-bond acceptors (Lipinski definition) is 3. The lowest BCUT2D eigenvalue weighted by Gasteiger charge is -2.33. The molecular weight excluding hydrogens is 326 g/mol. The highest BCUT2D eigenvalue weighted by atomic mass is 35.5. The van der Waals surface area contributed by atoms with Gasteiger partial charge in [-0.3, -0.25) is 9.59 Å². The summed E-state index contributed by atoms with van der Waals surface area (Å²) in [4.78, 5) is 26.7. The third-order valence-corrected chi connectivity index (χ3v) is 5.03. The number of carbonyl (C=O) groups excluding carboxylic acids is 2. The Morgan fingerprint density at radius 2 is 2.00 bits per heavy atom. The van der Waals surface area contributed by atoms with E-state index in [1.54, 1.807) is 12.1 Å². The second kappa shape index (κ2) is 7.11. The minimum Gasteiger partial charge on any atom is -0.336 e. The van der Waals surface area contributed by atoms with Gasteiger partial charge in [0.25, 0.3) is 5.91 Å². The second-order valence-electron chi connectivity index (χ2n) is 6.98. The molecule has 1 heterocycles. The Hall–Kier alpha value is -1.59. The van der Waals surface area contributed by atoms with Crippen LogP contribution in [-0.4, -0.2) is 34.8 Å². The summed E-state index contributed by atoms with van der Waals surface area (Å²) >= 11 is 0. The van der Waals surface area contributed by atoms with Gasteiger partial charge in [0.2, 0.25) is 5.91 Å². The fraction of sp³-hybridized carbons (Fsp3) is 0.556. The topological polar surface area (TPSA) is 75.4 Å². The summed E-state index contributed by atoms with van der Waals surface area (Å²) in [5.74, 6) is -0.0556. The van der Waals surface area contributed by atoms with Crippen LogP contribution in [0.15, 0.2) is 18.2 Å². The number of nitrogens with zero attached hydrogens (tertiary/aromatic N) is 1. The van der Waals surface area contributed by atoms with Crippen molar-refractivity contribution in [1.82, 2.24) is 4.90 Å². The second-order valence-corrected chi connectivity index (χ2v) is 6.98. The van der Waals surface area contributed by atoms with Crippen LogP contribution in [0.3, 0.4) is 0 Å². The highest BCUT2D eigenvalue weighted by Crippen LogP contribution is 2.33. The molecule has 132 valence electrons. The molecule has 1 aromatic carbocycles. The minimum atomic E-state index is -0.690. The summed E-state index contributed by atoms with van der Waals surface area (Å²) in [5, 5.41) is 2.88. The van der Waals surface area contributed by atoms with E-state index in [0.29, 0.717) is 11.6 Å². The Labute approximate surface area is 149 Å². The first-order chi connectivity index (χ1) is 10.9. The van der Waals surface area contributed by atoms with Crippen LogP contribution < -0.4 is 11.1 Å². The monoisotopic (exact) mass is 351 g/mol. The molecule has 2 amide bonds. The Kier molecular flexibility index (Phi) is 5.56. The van der Waals surface area contributed by atoms with Crippen LogP contribution in [0.4, 0.5) is 5.69 Å². The molecule has 1 atom stereocenters. The van der Waals surface area contributed by atoms with E-state index in [1.807, 2.05) is 17.9 Å². The number of carbonyl (C=O) groups is 2. The lowest BCUT2D eigenvalue weighted by atomic mass is 10.0. The van der Waals surface area contributed by atoms with E-state index in [9.17, 15) is 9.59 Å². The summed E-state index contributed by atoms with van der Waals surface area (Å²) in [6, 6.07) is 5.75. The van der Waals surface area contributed by atoms with Gasteiger partial charge in [-0.05, 0) is 69.7 Å². The van der Waals surface area contributed by atoms with E-state index >= 15 is 0 Å². The van der Waals surface area contributed by atoms with Crippen molar-refractivity contribution in [3.05, 3.63) is 29.3 Å². The maximum Gasteiger partial charge on any atom is 0.254 e. The van der Waals surface area contributed by atoms with Crippen molar-refractivity contribution in [3.8, 4) is 0 Å². The van der Waals surface area contributed by atoms with Crippen LogP contribution in [0.25, 0.3) is 0 Å². The molecule has 1 unspecified atom stereocenters. The zero-order valence-electron chi connectivity index (χ0n) is 14.3. The maximum atomic E-state index is 12.7. The standard InChI is InChI=1S/C18H25N3O2.ClH/c1-12-11-14(16(22)21-10-4-3-5-13(21)2)6-7-15(12)20-17(23)18(19)8-9-18;/h6-7,11,13H,3-5,8-10,19H2,1-2H3,(H,20,23);1H. The summed E-state index contributed by atoms with van der Waals surface area (Å²) in [7, 11) is 0. The zero-order chi connectivity index (χ0) is 16.6. The molecule has 1 saturated heterocycles. The van der Waals surface area contributed by atoms with E-state index in [4.69, 9.17) is 5.73 Å². The van der Waals surface area contributed by atoms with Gasteiger partial charge in [0.1, 0.15) is 0 Å². The molecule has 2 aliphatic rings. The molecule has 3 rings (SSSR count). The van der Waals surface area contributed by atoms with Crippen molar-refractivity contribution in [2.45, 2.75) is 57.5 Å².